The highest BCUT2D eigenvalue weighted by Crippen LogP contribution is 2.41. The SMILES string of the molecule is CCN(CC)CC#CCc1ccc(CC(=O)O)c(O)c1C1CCCCC1. The minimum Gasteiger partial charge on any atom is -0.507 e. The zero-order chi connectivity index (χ0) is 18.9. The lowest BCUT2D eigenvalue weighted by Crippen LogP contribution is -2.22. The van der Waals surface area contributed by atoms with Gasteiger partial charge >= 0.3 is 5.97 Å². The van der Waals surface area contributed by atoms with E-state index in [0.717, 1.165) is 43.6 Å². The molecule has 0 unspecified atom stereocenters. The van der Waals surface area contributed by atoms with Crippen LogP contribution in [0, 0.1) is 11.8 Å². The van der Waals surface area contributed by atoms with Crippen molar-refractivity contribution in [1.82, 2.24) is 4.90 Å². The van der Waals surface area contributed by atoms with Crippen molar-refractivity contribution < 1.29 is 15.0 Å². The Bertz CT molecular complexity index is 662. The maximum atomic E-state index is 11.1. The third kappa shape index (κ3) is 5.51. The number of rotatable bonds is 7. The topological polar surface area (TPSA) is 60.8 Å². The fourth-order valence-corrected chi connectivity index (χ4v) is 3.77. The van der Waals surface area contributed by atoms with Gasteiger partial charge in [-0.2, -0.15) is 0 Å². The molecule has 4 nitrogen and oxygen atoms in total. The second kappa shape index (κ2) is 10.2. The lowest BCUT2D eigenvalue weighted by Gasteiger charge is -2.26. The zero-order valence-corrected chi connectivity index (χ0v) is 16.1. The summed E-state index contributed by atoms with van der Waals surface area (Å²) in [6.07, 6.45) is 6.16. The number of carboxylic acid groups (broad SMARTS) is 1. The molecule has 0 aromatic heterocycles. The molecule has 2 N–H and O–H groups in total. The second-order valence-corrected chi connectivity index (χ2v) is 7.04. The number of phenolic OH excluding ortho intramolecular Hbond substituents is 1. The normalized spacial score (nSPS) is 14.9. The van der Waals surface area contributed by atoms with Crippen LogP contribution in [-0.4, -0.2) is 40.7 Å². The first kappa shape index (κ1) is 20.3. The Morgan fingerprint density at radius 1 is 1.12 bits per heavy atom. The number of aromatic hydroxyl groups is 1. The number of carboxylic acids is 1. The molecule has 2 rings (SSSR count). The van der Waals surface area contributed by atoms with Gasteiger partial charge in [-0.25, -0.2) is 0 Å². The molecule has 1 fully saturated rings. The van der Waals surface area contributed by atoms with E-state index in [9.17, 15) is 9.90 Å². The predicted octanol–water partition coefficient (Wildman–Crippen LogP) is 3.95. The van der Waals surface area contributed by atoms with Gasteiger partial charge in [0.25, 0.3) is 0 Å². The maximum absolute atomic E-state index is 11.1. The Morgan fingerprint density at radius 3 is 2.38 bits per heavy atom. The van der Waals surface area contributed by atoms with Crippen molar-refractivity contribution in [2.24, 2.45) is 0 Å². The fraction of sp³-hybridized carbons (Fsp3) is 0.591. The number of aliphatic carboxylic acids is 1. The maximum Gasteiger partial charge on any atom is 0.307 e. The summed E-state index contributed by atoms with van der Waals surface area (Å²) < 4.78 is 0. The van der Waals surface area contributed by atoms with Crippen molar-refractivity contribution in [1.29, 1.82) is 0 Å². The molecule has 0 atom stereocenters. The van der Waals surface area contributed by atoms with Gasteiger partial charge in [-0.15, -0.1) is 0 Å². The van der Waals surface area contributed by atoms with E-state index in [4.69, 9.17) is 5.11 Å². The number of hydrogen-bond donors (Lipinski definition) is 2. The molecule has 0 radical (unpaired) electrons. The van der Waals surface area contributed by atoms with E-state index in [0.29, 0.717) is 17.9 Å². The van der Waals surface area contributed by atoms with E-state index in [1.165, 1.54) is 19.3 Å². The molecule has 1 aliphatic carbocycles. The van der Waals surface area contributed by atoms with Crippen molar-refractivity contribution in [3.05, 3.63) is 28.8 Å². The van der Waals surface area contributed by atoms with Crippen LogP contribution in [0.25, 0.3) is 0 Å². The van der Waals surface area contributed by atoms with Crippen molar-refractivity contribution in [2.75, 3.05) is 19.6 Å². The molecule has 0 aliphatic heterocycles. The average molecular weight is 357 g/mol. The Labute approximate surface area is 157 Å². The summed E-state index contributed by atoms with van der Waals surface area (Å²) in [5, 5.41) is 19.9. The minimum absolute atomic E-state index is 0.139. The molecule has 26 heavy (non-hydrogen) atoms. The first-order valence-electron chi connectivity index (χ1n) is 9.80. The molecular formula is C22H31NO3. The lowest BCUT2D eigenvalue weighted by atomic mass is 9.80. The van der Waals surface area contributed by atoms with Crippen molar-refractivity contribution in [2.45, 2.75) is 64.7 Å². The van der Waals surface area contributed by atoms with Crippen molar-refractivity contribution >= 4 is 5.97 Å². The number of benzene rings is 1. The third-order valence-electron chi connectivity index (χ3n) is 5.35. The quantitative estimate of drug-likeness (QED) is 0.725. The highest BCUT2D eigenvalue weighted by molar-refractivity contribution is 5.72. The van der Waals surface area contributed by atoms with Crippen LogP contribution in [0.3, 0.4) is 0 Å². The summed E-state index contributed by atoms with van der Waals surface area (Å²) in [4.78, 5) is 13.4. The van der Waals surface area contributed by atoms with E-state index < -0.39 is 5.97 Å². The smallest absolute Gasteiger partial charge is 0.307 e. The van der Waals surface area contributed by atoms with Gasteiger partial charge in [0, 0.05) is 17.5 Å². The lowest BCUT2D eigenvalue weighted by molar-refractivity contribution is -0.136. The number of hydrogen-bond acceptors (Lipinski definition) is 3. The third-order valence-corrected chi connectivity index (χ3v) is 5.35. The fourth-order valence-electron chi connectivity index (χ4n) is 3.77. The molecule has 0 spiro atoms. The van der Waals surface area contributed by atoms with Gasteiger partial charge in [-0.3, -0.25) is 9.69 Å². The van der Waals surface area contributed by atoms with Crippen LogP contribution >= 0.6 is 0 Å². The summed E-state index contributed by atoms with van der Waals surface area (Å²) in [6, 6.07) is 3.71. The first-order chi connectivity index (χ1) is 12.6. The molecule has 0 heterocycles. The van der Waals surface area contributed by atoms with E-state index >= 15 is 0 Å². The highest BCUT2D eigenvalue weighted by Gasteiger charge is 2.23. The molecule has 1 aliphatic rings. The van der Waals surface area contributed by atoms with Crippen LogP contribution in [0.1, 0.15) is 68.6 Å². The molecule has 142 valence electrons. The monoisotopic (exact) mass is 357 g/mol. The number of phenols is 1. The minimum atomic E-state index is -0.915. The van der Waals surface area contributed by atoms with Crippen LogP contribution in [0.5, 0.6) is 5.75 Å². The molecule has 1 aromatic rings. The first-order valence-corrected chi connectivity index (χ1v) is 9.80. The Hall–Kier alpha value is -1.99. The van der Waals surface area contributed by atoms with Gasteiger partial charge in [-0.1, -0.05) is 57.1 Å². The van der Waals surface area contributed by atoms with Gasteiger partial charge in [0.05, 0.1) is 13.0 Å². The van der Waals surface area contributed by atoms with Gasteiger partial charge in [-0.05, 0) is 37.4 Å². The Morgan fingerprint density at radius 2 is 1.77 bits per heavy atom. The summed E-state index contributed by atoms with van der Waals surface area (Å²) in [5.74, 6) is 6.07. The van der Waals surface area contributed by atoms with E-state index in [2.05, 4.69) is 30.6 Å². The standard InChI is InChI=1S/C22H31NO3/c1-3-23(4-2)15-9-8-12-18-13-14-19(16-20(24)25)22(26)21(18)17-10-6-5-7-11-17/h13-14,17,26H,3-7,10-12,15-16H2,1-2H3,(H,24,25). The van der Waals surface area contributed by atoms with Gasteiger partial charge in [0.1, 0.15) is 5.75 Å². The van der Waals surface area contributed by atoms with E-state index in [-0.39, 0.29) is 12.2 Å². The van der Waals surface area contributed by atoms with Gasteiger partial charge in [0.2, 0.25) is 0 Å². The van der Waals surface area contributed by atoms with Crippen molar-refractivity contribution in [3.63, 3.8) is 0 Å². The number of carbonyl (C=O) groups is 1. The van der Waals surface area contributed by atoms with Crippen LogP contribution < -0.4 is 0 Å². The molecule has 1 aromatic carbocycles. The number of nitrogens with zero attached hydrogens (tertiary/aromatic N) is 1. The molecular weight excluding hydrogens is 326 g/mol. The summed E-state index contributed by atoms with van der Waals surface area (Å²) >= 11 is 0. The Balaban J connectivity index is 2.25. The molecule has 0 amide bonds. The summed E-state index contributed by atoms with van der Waals surface area (Å²) in [5.41, 5.74) is 2.51. The highest BCUT2D eigenvalue weighted by atomic mass is 16.4. The molecule has 1 saturated carbocycles. The summed E-state index contributed by atoms with van der Waals surface area (Å²) in [7, 11) is 0. The largest absolute Gasteiger partial charge is 0.507 e. The Kier molecular flexibility index (Phi) is 8.00. The average Bonchev–Trinajstić information content (AvgIpc) is 2.64. The van der Waals surface area contributed by atoms with E-state index in [1.54, 1.807) is 6.07 Å². The van der Waals surface area contributed by atoms with Crippen LogP contribution in [0.15, 0.2) is 12.1 Å². The van der Waals surface area contributed by atoms with Crippen LogP contribution in [0.4, 0.5) is 0 Å². The molecule has 4 heteroatoms. The van der Waals surface area contributed by atoms with E-state index in [1.807, 2.05) is 6.07 Å². The van der Waals surface area contributed by atoms with Crippen molar-refractivity contribution in [3.8, 4) is 17.6 Å². The summed E-state index contributed by atoms with van der Waals surface area (Å²) in [6.45, 7) is 7.00. The van der Waals surface area contributed by atoms with Gasteiger partial charge < -0.3 is 10.2 Å². The molecule has 0 saturated heterocycles. The van der Waals surface area contributed by atoms with Crippen LogP contribution in [0.2, 0.25) is 0 Å². The second-order valence-electron chi connectivity index (χ2n) is 7.04. The van der Waals surface area contributed by atoms with Crippen LogP contribution in [-0.2, 0) is 17.6 Å². The zero-order valence-electron chi connectivity index (χ0n) is 16.1. The molecule has 0 bridgehead atoms. The predicted molar refractivity (Wildman–Crippen MR) is 105 cm³/mol. The van der Waals surface area contributed by atoms with Gasteiger partial charge in [0.15, 0.2) is 0 Å².